The van der Waals surface area contributed by atoms with E-state index in [9.17, 15) is 0 Å². The van der Waals surface area contributed by atoms with Gasteiger partial charge in [0.1, 0.15) is 0 Å². The fourth-order valence-corrected chi connectivity index (χ4v) is 2.25. The average molecular weight is 288 g/mol. The molecular weight excluding hydrogens is 270 g/mol. The van der Waals surface area contributed by atoms with Gasteiger partial charge in [0, 0.05) is 16.7 Å². The molecule has 84 valence electrons. The van der Waals surface area contributed by atoms with Gasteiger partial charge in [0.15, 0.2) is 0 Å². The molecule has 1 aromatic carbocycles. The number of unbranched alkanes of at least 4 members (excludes halogenated alkanes) is 1. The zero-order valence-electron chi connectivity index (χ0n) is 9.35. The Kier molecular flexibility index (Phi) is 6.18. The smallest absolute Gasteiger partial charge is 0.0487 e. The second kappa shape index (κ2) is 7.18. The van der Waals surface area contributed by atoms with Crippen molar-refractivity contribution in [1.82, 2.24) is 0 Å². The van der Waals surface area contributed by atoms with E-state index in [1.165, 1.54) is 29.8 Å². The molecule has 3 heteroatoms. The fraction of sp³-hybridized carbons (Fsp3) is 0.500. The lowest BCUT2D eigenvalue weighted by atomic mass is 10.2. The monoisotopic (exact) mass is 287 g/mol. The SMILES string of the molecule is CSCCCCNc1cc(C)ccc1Br. The lowest BCUT2D eigenvalue weighted by Crippen LogP contribution is -2.02. The van der Waals surface area contributed by atoms with Crippen LogP contribution in [0.5, 0.6) is 0 Å². The summed E-state index contributed by atoms with van der Waals surface area (Å²) in [7, 11) is 0. The molecule has 0 spiro atoms. The highest BCUT2D eigenvalue weighted by atomic mass is 79.9. The van der Waals surface area contributed by atoms with Crippen LogP contribution in [-0.2, 0) is 0 Å². The number of nitrogens with one attached hydrogen (secondary N) is 1. The molecule has 0 fully saturated rings. The second-order valence-electron chi connectivity index (χ2n) is 3.61. The van der Waals surface area contributed by atoms with Gasteiger partial charge in [0.25, 0.3) is 0 Å². The normalized spacial score (nSPS) is 10.3. The summed E-state index contributed by atoms with van der Waals surface area (Å²) in [6.07, 6.45) is 4.68. The van der Waals surface area contributed by atoms with E-state index in [4.69, 9.17) is 0 Å². The van der Waals surface area contributed by atoms with E-state index in [1.807, 2.05) is 11.8 Å². The Morgan fingerprint density at radius 2 is 2.13 bits per heavy atom. The first-order valence-electron chi connectivity index (χ1n) is 5.23. The summed E-state index contributed by atoms with van der Waals surface area (Å²) in [6, 6.07) is 6.39. The second-order valence-corrected chi connectivity index (χ2v) is 5.45. The van der Waals surface area contributed by atoms with Gasteiger partial charge >= 0.3 is 0 Å². The van der Waals surface area contributed by atoms with Crippen LogP contribution in [0.2, 0.25) is 0 Å². The third kappa shape index (κ3) is 4.94. The first-order chi connectivity index (χ1) is 7.24. The molecule has 0 unspecified atom stereocenters. The third-order valence-corrected chi connectivity index (χ3v) is 3.60. The number of thioether (sulfide) groups is 1. The van der Waals surface area contributed by atoms with Crippen molar-refractivity contribution in [2.45, 2.75) is 19.8 Å². The highest BCUT2D eigenvalue weighted by Crippen LogP contribution is 2.23. The van der Waals surface area contributed by atoms with Crippen LogP contribution in [0.15, 0.2) is 22.7 Å². The van der Waals surface area contributed by atoms with E-state index < -0.39 is 0 Å². The van der Waals surface area contributed by atoms with Crippen molar-refractivity contribution in [3.8, 4) is 0 Å². The number of anilines is 1. The van der Waals surface area contributed by atoms with Crippen LogP contribution in [0.4, 0.5) is 5.69 Å². The maximum absolute atomic E-state index is 3.55. The number of rotatable bonds is 6. The number of aryl methyl sites for hydroxylation is 1. The molecule has 0 aliphatic rings. The molecule has 1 nitrogen and oxygen atoms in total. The standard InChI is InChI=1S/C12H18BrNS/c1-10-5-6-11(13)12(9-10)14-7-3-4-8-15-2/h5-6,9,14H,3-4,7-8H2,1-2H3. The molecule has 1 N–H and O–H groups in total. The first kappa shape index (κ1) is 12.9. The van der Waals surface area contributed by atoms with Crippen molar-refractivity contribution in [3.63, 3.8) is 0 Å². The van der Waals surface area contributed by atoms with Gasteiger partial charge in [-0.25, -0.2) is 0 Å². The Morgan fingerprint density at radius 3 is 2.87 bits per heavy atom. The van der Waals surface area contributed by atoms with E-state index in [2.05, 4.69) is 52.6 Å². The van der Waals surface area contributed by atoms with Gasteiger partial charge in [-0.2, -0.15) is 11.8 Å². The van der Waals surface area contributed by atoms with Crippen LogP contribution >= 0.6 is 27.7 Å². The van der Waals surface area contributed by atoms with Crippen LogP contribution in [0.1, 0.15) is 18.4 Å². The minimum absolute atomic E-state index is 1.06. The molecule has 0 amide bonds. The highest BCUT2D eigenvalue weighted by Gasteiger charge is 1.98. The van der Waals surface area contributed by atoms with Crippen LogP contribution in [-0.4, -0.2) is 18.6 Å². The van der Waals surface area contributed by atoms with E-state index >= 15 is 0 Å². The highest BCUT2D eigenvalue weighted by molar-refractivity contribution is 9.10. The summed E-state index contributed by atoms with van der Waals surface area (Å²) in [5, 5.41) is 3.46. The molecule has 0 saturated carbocycles. The Labute approximate surface area is 105 Å². The van der Waals surface area contributed by atoms with Crippen molar-refractivity contribution in [2.75, 3.05) is 23.9 Å². The van der Waals surface area contributed by atoms with Gasteiger partial charge in [-0.05, 0) is 65.4 Å². The molecule has 1 aromatic rings. The predicted molar refractivity (Wildman–Crippen MR) is 75.0 cm³/mol. The van der Waals surface area contributed by atoms with Crippen molar-refractivity contribution < 1.29 is 0 Å². The van der Waals surface area contributed by atoms with Crippen LogP contribution in [0.3, 0.4) is 0 Å². The lowest BCUT2D eigenvalue weighted by Gasteiger charge is -2.09. The van der Waals surface area contributed by atoms with Crippen LogP contribution in [0, 0.1) is 6.92 Å². The average Bonchev–Trinajstić information content (AvgIpc) is 2.23. The minimum atomic E-state index is 1.06. The molecule has 0 heterocycles. The largest absolute Gasteiger partial charge is 0.384 e. The maximum Gasteiger partial charge on any atom is 0.0487 e. The van der Waals surface area contributed by atoms with E-state index in [0.29, 0.717) is 0 Å². The molecule has 15 heavy (non-hydrogen) atoms. The molecular formula is C12H18BrNS. The predicted octanol–water partition coefficient (Wildman–Crippen LogP) is 4.31. The molecule has 0 aliphatic heterocycles. The van der Waals surface area contributed by atoms with Gasteiger partial charge in [-0.15, -0.1) is 0 Å². The molecule has 0 bridgehead atoms. The van der Waals surface area contributed by atoms with Crippen molar-refractivity contribution >= 4 is 33.4 Å². The molecule has 0 radical (unpaired) electrons. The third-order valence-electron chi connectivity index (χ3n) is 2.21. The number of benzene rings is 1. The van der Waals surface area contributed by atoms with Gasteiger partial charge in [0.05, 0.1) is 0 Å². The van der Waals surface area contributed by atoms with E-state index in [1.54, 1.807) is 0 Å². The zero-order valence-corrected chi connectivity index (χ0v) is 11.7. The summed E-state index contributed by atoms with van der Waals surface area (Å²) in [5.74, 6) is 1.26. The van der Waals surface area contributed by atoms with Gasteiger partial charge in [-0.1, -0.05) is 6.07 Å². The number of halogens is 1. The van der Waals surface area contributed by atoms with Gasteiger partial charge in [-0.3, -0.25) is 0 Å². The van der Waals surface area contributed by atoms with Crippen molar-refractivity contribution in [3.05, 3.63) is 28.2 Å². The van der Waals surface area contributed by atoms with Crippen LogP contribution < -0.4 is 5.32 Å². The van der Waals surface area contributed by atoms with E-state index in [0.717, 1.165) is 11.0 Å². The summed E-state index contributed by atoms with van der Waals surface area (Å²) >= 11 is 5.46. The van der Waals surface area contributed by atoms with Gasteiger partial charge in [0.2, 0.25) is 0 Å². The number of hydrogen-bond acceptors (Lipinski definition) is 2. The van der Waals surface area contributed by atoms with Crippen LogP contribution in [0.25, 0.3) is 0 Å². The Bertz CT molecular complexity index is 302. The lowest BCUT2D eigenvalue weighted by molar-refractivity contribution is 0.843. The minimum Gasteiger partial charge on any atom is -0.384 e. The first-order valence-corrected chi connectivity index (χ1v) is 7.41. The molecule has 0 aliphatic carbocycles. The summed E-state index contributed by atoms with van der Waals surface area (Å²) in [4.78, 5) is 0. The Morgan fingerprint density at radius 1 is 1.33 bits per heavy atom. The Hall–Kier alpha value is -0.150. The Balaban J connectivity index is 2.33. The summed E-state index contributed by atoms with van der Waals surface area (Å²) in [5.41, 5.74) is 2.50. The zero-order chi connectivity index (χ0) is 11.1. The summed E-state index contributed by atoms with van der Waals surface area (Å²) < 4.78 is 1.15. The fourth-order valence-electron chi connectivity index (χ4n) is 1.37. The summed E-state index contributed by atoms with van der Waals surface area (Å²) in [6.45, 7) is 3.17. The van der Waals surface area contributed by atoms with Crippen molar-refractivity contribution in [2.24, 2.45) is 0 Å². The number of hydrogen-bond donors (Lipinski definition) is 1. The molecule has 0 saturated heterocycles. The maximum atomic E-state index is 3.55. The molecule has 0 aromatic heterocycles. The van der Waals surface area contributed by atoms with E-state index in [-0.39, 0.29) is 0 Å². The van der Waals surface area contributed by atoms with Gasteiger partial charge < -0.3 is 5.32 Å². The molecule has 0 atom stereocenters. The topological polar surface area (TPSA) is 12.0 Å². The molecule has 1 rings (SSSR count). The van der Waals surface area contributed by atoms with Crippen molar-refractivity contribution in [1.29, 1.82) is 0 Å². The quantitative estimate of drug-likeness (QED) is 0.783.